The third-order valence-corrected chi connectivity index (χ3v) is 3.29. The van der Waals surface area contributed by atoms with Crippen LogP contribution in [-0.4, -0.2) is 22.8 Å². The lowest BCUT2D eigenvalue weighted by Crippen LogP contribution is -2.03. The van der Waals surface area contributed by atoms with E-state index in [0.717, 1.165) is 30.3 Å². The highest BCUT2D eigenvalue weighted by molar-refractivity contribution is 7.98. The van der Waals surface area contributed by atoms with Gasteiger partial charge in [-0.05, 0) is 30.9 Å². The molecule has 0 fully saturated rings. The second-order valence-electron chi connectivity index (χ2n) is 4.07. The van der Waals surface area contributed by atoms with E-state index in [9.17, 15) is 0 Å². The molecule has 2 rings (SSSR count). The smallest absolute Gasteiger partial charge is 0.135 e. The Morgan fingerprint density at radius 1 is 1.16 bits per heavy atom. The Balaban J connectivity index is 2.09. The van der Waals surface area contributed by atoms with Gasteiger partial charge in [-0.15, -0.1) is 11.8 Å². The first-order valence-corrected chi connectivity index (χ1v) is 7.51. The van der Waals surface area contributed by atoms with Crippen LogP contribution in [0.5, 0.6) is 0 Å². The maximum Gasteiger partial charge on any atom is 0.135 e. The zero-order valence-corrected chi connectivity index (χ0v) is 12.0. The van der Waals surface area contributed by atoms with Crippen molar-refractivity contribution >= 4 is 29.1 Å². The van der Waals surface area contributed by atoms with E-state index in [2.05, 4.69) is 45.9 Å². The first-order valence-electron chi connectivity index (χ1n) is 6.29. The van der Waals surface area contributed by atoms with Crippen LogP contribution in [0.25, 0.3) is 0 Å². The molecule has 0 saturated heterocycles. The molecule has 0 aliphatic heterocycles. The summed E-state index contributed by atoms with van der Waals surface area (Å²) >= 11 is 1.72. The summed E-state index contributed by atoms with van der Waals surface area (Å²) in [4.78, 5) is 9.64. The van der Waals surface area contributed by atoms with E-state index in [1.165, 1.54) is 4.90 Å². The first-order chi connectivity index (χ1) is 9.31. The minimum atomic E-state index is 0.798. The van der Waals surface area contributed by atoms with Crippen LogP contribution in [0, 0.1) is 0 Å². The Hall–Kier alpha value is -1.75. The molecular weight excluding hydrogens is 256 g/mol. The molecule has 19 heavy (non-hydrogen) atoms. The fraction of sp³-hybridized carbons (Fsp3) is 0.286. The van der Waals surface area contributed by atoms with Crippen molar-refractivity contribution in [1.82, 2.24) is 9.97 Å². The molecule has 100 valence electrons. The number of hydrogen-bond donors (Lipinski definition) is 2. The Kier molecular flexibility index (Phi) is 5.03. The normalized spacial score (nSPS) is 10.2. The molecule has 0 aliphatic carbocycles. The Morgan fingerprint density at radius 2 is 2.00 bits per heavy atom. The van der Waals surface area contributed by atoms with Crippen molar-refractivity contribution in [3.8, 4) is 0 Å². The van der Waals surface area contributed by atoms with Gasteiger partial charge in [0.1, 0.15) is 18.0 Å². The molecule has 0 bridgehead atoms. The summed E-state index contributed by atoms with van der Waals surface area (Å²) < 4.78 is 0. The van der Waals surface area contributed by atoms with Crippen molar-refractivity contribution in [2.45, 2.75) is 18.2 Å². The quantitative estimate of drug-likeness (QED) is 0.785. The highest BCUT2D eigenvalue weighted by atomic mass is 32.2. The molecule has 2 N–H and O–H groups in total. The van der Waals surface area contributed by atoms with E-state index in [-0.39, 0.29) is 0 Å². The number of anilines is 3. The molecule has 2 aromatic rings. The standard InChI is InChI=1S/C14H18N4S/c1-3-7-15-13-9-14(17-10-16-13)18-11-5-4-6-12(8-11)19-2/h4-6,8-10H,3,7H2,1-2H3,(H2,15,16,17,18). The minimum Gasteiger partial charge on any atom is -0.370 e. The molecule has 0 unspecified atom stereocenters. The van der Waals surface area contributed by atoms with Gasteiger partial charge in [0.15, 0.2) is 0 Å². The Bertz CT molecular complexity index is 530. The topological polar surface area (TPSA) is 49.8 Å². The summed E-state index contributed by atoms with van der Waals surface area (Å²) in [6.07, 6.45) is 4.71. The third-order valence-electron chi connectivity index (χ3n) is 2.57. The highest BCUT2D eigenvalue weighted by Crippen LogP contribution is 2.22. The third kappa shape index (κ3) is 4.13. The maximum atomic E-state index is 4.23. The summed E-state index contributed by atoms with van der Waals surface area (Å²) in [5.41, 5.74) is 1.03. The van der Waals surface area contributed by atoms with Crippen LogP contribution in [0.3, 0.4) is 0 Å². The van der Waals surface area contributed by atoms with Gasteiger partial charge in [-0.3, -0.25) is 0 Å². The van der Waals surface area contributed by atoms with Crippen LogP contribution >= 0.6 is 11.8 Å². The van der Waals surface area contributed by atoms with E-state index in [4.69, 9.17) is 0 Å². The van der Waals surface area contributed by atoms with Gasteiger partial charge in [0, 0.05) is 23.2 Å². The van der Waals surface area contributed by atoms with Gasteiger partial charge in [0.05, 0.1) is 0 Å². The Morgan fingerprint density at radius 3 is 2.79 bits per heavy atom. The Labute approximate surface area is 118 Å². The monoisotopic (exact) mass is 274 g/mol. The molecule has 0 aliphatic rings. The molecule has 1 aromatic heterocycles. The van der Waals surface area contributed by atoms with E-state index >= 15 is 0 Å². The largest absolute Gasteiger partial charge is 0.370 e. The molecule has 1 aromatic carbocycles. The van der Waals surface area contributed by atoms with Gasteiger partial charge in [-0.2, -0.15) is 0 Å². The number of nitrogens with zero attached hydrogens (tertiary/aromatic N) is 2. The molecule has 0 amide bonds. The van der Waals surface area contributed by atoms with E-state index in [1.54, 1.807) is 18.1 Å². The fourth-order valence-corrected chi connectivity index (χ4v) is 2.08. The average Bonchev–Trinajstić information content (AvgIpc) is 2.46. The van der Waals surface area contributed by atoms with Crippen LogP contribution in [-0.2, 0) is 0 Å². The molecule has 4 nitrogen and oxygen atoms in total. The average molecular weight is 274 g/mol. The van der Waals surface area contributed by atoms with Crippen molar-refractivity contribution in [3.63, 3.8) is 0 Å². The van der Waals surface area contributed by atoms with Gasteiger partial charge >= 0.3 is 0 Å². The van der Waals surface area contributed by atoms with Crippen LogP contribution in [0.2, 0.25) is 0 Å². The maximum absolute atomic E-state index is 4.23. The van der Waals surface area contributed by atoms with Crippen LogP contribution in [0.4, 0.5) is 17.3 Å². The second-order valence-corrected chi connectivity index (χ2v) is 4.95. The minimum absolute atomic E-state index is 0.798. The molecule has 0 atom stereocenters. The van der Waals surface area contributed by atoms with E-state index < -0.39 is 0 Å². The zero-order valence-electron chi connectivity index (χ0n) is 11.2. The summed E-state index contributed by atoms with van der Waals surface area (Å²) in [6.45, 7) is 3.04. The van der Waals surface area contributed by atoms with Gasteiger partial charge in [-0.25, -0.2) is 9.97 Å². The number of hydrogen-bond acceptors (Lipinski definition) is 5. The van der Waals surface area contributed by atoms with Crippen molar-refractivity contribution in [2.75, 3.05) is 23.4 Å². The predicted molar refractivity (Wildman–Crippen MR) is 82.3 cm³/mol. The van der Waals surface area contributed by atoms with Gasteiger partial charge < -0.3 is 10.6 Å². The van der Waals surface area contributed by atoms with Crippen LogP contribution in [0.1, 0.15) is 13.3 Å². The van der Waals surface area contributed by atoms with Crippen LogP contribution in [0.15, 0.2) is 41.6 Å². The highest BCUT2D eigenvalue weighted by Gasteiger charge is 2.00. The van der Waals surface area contributed by atoms with Crippen LogP contribution < -0.4 is 10.6 Å². The molecule has 5 heteroatoms. The zero-order chi connectivity index (χ0) is 13.5. The second kappa shape index (κ2) is 6.99. The van der Waals surface area contributed by atoms with Gasteiger partial charge in [-0.1, -0.05) is 13.0 Å². The van der Waals surface area contributed by atoms with Crippen molar-refractivity contribution < 1.29 is 0 Å². The SMILES string of the molecule is CCCNc1cc(Nc2cccc(SC)c2)ncn1. The lowest BCUT2D eigenvalue weighted by atomic mass is 10.3. The fourth-order valence-electron chi connectivity index (χ4n) is 1.62. The molecule has 0 spiro atoms. The number of rotatable bonds is 6. The summed E-state index contributed by atoms with van der Waals surface area (Å²) in [5, 5.41) is 6.54. The summed E-state index contributed by atoms with van der Waals surface area (Å²) in [7, 11) is 0. The van der Waals surface area contributed by atoms with E-state index in [1.807, 2.05) is 18.2 Å². The summed E-state index contributed by atoms with van der Waals surface area (Å²) in [6, 6.07) is 10.2. The molecule has 0 radical (unpaired) electrons. The number of aromatic nitrogens is 2. The number of benzene rings is 1. The predicted octanol–water partition coefficient (Wildman–Crippen LogP) is 3.76. The van der Waals surface area contributed by atoms with E-state index in [0.29, 0.717) is 0 Å². The number of nitrogens with one attached hydrogen (secondary N) is 2. The van der Waals surface area contributed by atoms with Crippen molar-refractivity contribution in [1.29, 1.82) is 0 Å². The molecule has 0 saturated carbocycles. The first kappa shape index (κ1) is 13.7. The summed E-state index contributed by atoms with van der Waals surface area (Å²) in [5.74, 6) is 1.65. The van der Waals surface area contributed by atoms with Gasteiger partial charge in [0.2, 0.25) is 0 Å². The van der Waals surface area contributed by atoms with Gasteiger partial charge in [0.25, 0.3) is 0 Å². The van der Waals surface area contributed by atoms with Crippen molar-refractivity contribution in [3.05, 3.63) is 36.7 Å². The number of thioether (sulfide) groups is 1. The lowest BCUT2D eigenvalue weighted by Gasteiger charge is -2.08. The molecule has 1 heterocycles. The van der Waals surface area contributed by atoms with Crippen molar-refractivity contribution in [2.24, 2.45) is 0 Å². The lowest BCUT2D eigenvalue weighted by molar-refractivity contribution is 0.965. The molecular formula is C14H18N4S.